The van der Waals surface area contributed by atoms with Gasteiger partial charge in [-0.3, -0.25) is 0 Å². The molecular formula is C10H15Cl. The molecule has 0 amide bonds. The van der Waals surface area contributed by atoms with Crippen molar-refractivity contribution in [3.8, 4) is 0 Å². The Morgan fingerprint density at radius 3 is 2.55 bits per heavy atom. The van der Waals surface area contributed by atoms with Gasteiger partial charge in [0.15, 0.2) is 0 Å². The third-order valence-corrected chi connectivity index (χ3v) is 2.64. The number of hydrogen-bond acceptors (Lipinski definition) is 0. The second-order valence-corrected chi connectivity index (χ2v) is 3.99. The molecule has 0 spiro atoms. The van der Waals surface area contributed by atoms with Gasteiger partial charge in [-0.25, -0.2) is 0 Å². The van der Waals surface area contributed by atoms with Crippen LogP contribution in [0, 0.1) is 11.8 Å². The first-order valence-electron chi connectivity index (χ1n) is 4.15. The Hall–Kier alpha value is -0.230. The number of alkyl halides is 1. The van der Waals surface area contributed by atoms with Crippen LogP contribution in [0.3, 0.4) is 0 Å². The van der Waals surface area contributed by atoms with E-state index in [2.05, 4.69) is 39.0 Å². The van der Waals surface area contributed by atoms with E-state index in [0.29, 0.717) is 11.8 Å². The van der Waals surface area contributed by atoms with Crippen molar-refractivity contribution in [3.05, 3.63) is 23.8 Å². The first kappa shape index (κ1) is 8.86. The summed E-state index contributed by atoms with van der Waals surface area (Å²) in [5, 5.41) is 0.192. The predicted octanol–water partition coefficient (Wildman–Crippen LogP) is 3.38. The summed E-state index contributed by atoms with van der Waals surface area (Å²) >= 11 is 6.01. The molecule has 1 aliphatic carbocycles. The van der Waals surface area contributed by atoms with Gasteiger partial charge >= 0.3 is 0 Å². The Morgan fingerprint density at radius 1 is 1.45 bits per heavy atom. The van der Waals surface area contributed by atoms with Crippen molar-refractivity contribution < 1.29 is 0 Å². The largest absolute Gasteiger partial charge is 0.118 e. The van der Waals surface area contributed by atoms with Gasteiger partial charge in [0.25, 0.3) is 0 Å². The first-order chi connectivity index (χ1) is 5.11. The van der Waals surface area contributed by atoms with Crippen molar-refractivity contribution in [1.82, 2.24) is 0 Å². The summed E-state index contributed by atoms with van der Waals surface area (Å²) in [5.41, 5.74) is 1.41. The molecule has 0 N–H and O–H groups in total. The Balaban J connectivity index is 2.72. The fourth-order valence-electron chi connectivity index (χ4n) is 1.21. The van der Waals surface area contributed by atoms with Crippen LogP contribution < -0.4 is 0 Å². The molecule has 11 heavy (non-hydrogen) atoms. The maximum atomic E-state index is 6.01. The lowest BCUT2D eigenvalue weighted by molar-refractivity contribution is 0.696. The van der Waals surface area contributed by atoms with E-state index in [1.807, 2.05) is 0 Å². The van der Waals surface area contributed by atoms with Crippen molar-refractivity contribution in [2.24, 2.45) is 11.8 Å². The smallest absolute Gasteiger partial charge is 0.0579 e. The Kier molecular flexibility index (Phi) is 2.78. The topological polar surface area (TPSA) is 0 Å². The molecular weight excluding hydrogens is 156 g/mol. The normalized spacial score (nSPS) is 30.8. The standard InChI is InChI=1S/C10H15Cl/c1-7(2)9-4-5-10(11)8(3)6-9/h4-8,10H,1-3H3. The zero-order valence-electron chi connectivity index (χ0n) is 7.34. The van der Waals surface area contributed by atoms with Crippen molar-refractivity contribution in [2.45, 2.75) is 26.1 Å². The van der Waals surface area contributed by atoms with Gasteiger partial charge in [-0.05, 0) is 17.4 Å². The molecule has 0 saturated heterocycles. The lowest BCUT2D eigenvalue weighted by Crippen LogP contribution is -2.11. The van der Waals surface area contributed by atoms with Crippen molar-refractivity contribution >= 4 is 11.6 Å². The third-order valence-electron chi connectivity index (χ3n) is 2.10. The van der Waals surface area contributed by atoms with E-state index in [0.717, 1.165) is 0 Å². The summed E-state index contributed by atoms with van der Waals surface area (Å²) in [4.78, 5) is 0. The van der Waals surface area contributed by atoms with E-state index in [1.165, 1.54) is 5.57 Å². The van der Waals surface area contributed by atoms with Crippen LogP contribution in [0.1, 0.15) is 20.8 Å². The minimum atomic E-state index is 0.192. The monoisotopic (exact) mass is 170 g/mol. The van der Waals surface area contributed by atoms with Gasteiger partial charge in [0.05, 0.1) is 5.38 Å². The molecule has 0 fully saturated rings. The minimum absolute atomic E-state index is 0.192. The second-order valence-electron chi connectivity index (χ2n) is 3.48. The van der Waals surface area contributed by atoms with E-state index in [-0.39, 0.29) is 5.38 Å². The van der Waals surface area contributed by atoms with Gasteiger partial charge in [0, 0.05) is 0 Å². The highest BCUT2D eigenvalue weighted by Crippen LogP contribution is 2.24. The van der Waals surface area contributed by atoms with Crippen LogP contribution in [0.5, 0.6) is 0 Å². The highest BCUT2D eigenvalue weighted by molar-refractivity contribution is 6.22. The van der Waals surface area contributed by atoms with Crippen LogP contribution in [0.15, 0.2) is 23.8 Å². The van der Waals surface area contributed by atoms with E-state index in [4.69, 9.17) is 11.6 Å². The van der Waals surface area contributed by atoms with E-state index >= 15 is 0 Å². The quantitative estimate of drug-likeness (QED) is 0.530. The molecule has 2 atom stereocenters. The molecule has 0 heterocycles. The molecule has 0 saturated carbocycles. The summed E-state index contributed by atoms with van der Waals surface area (Å²) in [6.07, 6.45) is 6.49. The molecule has 0 nitrogen and oxygen atoms in total. The lowest BCUT2D eigenvalue weighted by atomic mass is 9.91. The highest BCUT2D eigenvalue weighted by Gasteiger charge is 2.14. The Morgan fingerprint density at radius 2 is 2.09 bits per heavy atom. The Labute approximate surface area is 73.9 Å². The number of allylic oxidation sites excluding steroid dienone is 4. The number of rotatable bonds is 1. The molecule has 0 aliphatic heterocycles. The van der Waals surface area contributed by atoms with Gasteiger partial charge in [-0.15, -0.1) is 11.6 Å². The van der Waals surface area contributed by atoms with Crippen LogP contribution >= 0.6 is 11.6 Å². The molecule has 0 radical (unpaired) electrons. The highest BCUT2D eigenvalue weighted by atomic mass is 35.5. The van der Waals surface area contributed by atoms with Gasteiger partial charge in [-0.1, -0.05) is 39.0 Å². The Bertz CT molecular complexity index is 189. The minimum Gasteiger partial charge on any atom is -0.118 e. The van der Waals surface area contributed by atoms with Gasteiger partial charge in [-0.2, -0.15) is 0 Å². The summed E-state index contributed by atoms with van der Waals surface area (Å²) in [6.45, 7) is 6.57. The van der Waals surface area contributed by atoms with Crippen molar-refractivity contribution in [1.29, 1.82) is 0 Å². The van der Waals surface area contributed by atoms with E-state index in [1.54, 1.807) is 0 Å². The van der Waals surface area contributed by atoms with Crippen LogP contribution in [-0.4, -0.2) is 5.38 Å². The predicted molar refractivity (Wildman–Crippen MR) is 50.9 cm³/mol. The summed E-state index contributed by atoms with van der Waals surface area (Å²) in [5.74, 6) is 1.11. The average molecular weight is 171 g/mol. The molecule has 1 heteroatoms. The number of hydrogen-bond donors (Lipinski definition) is 0. The fourth-order valence-corrected chi connectivity index (χ4v) is 1.36. The first-order valence-corrected chi connectivity index (χ1v) is 4.59. The molecule has 1 aliphatic rings. The van der Waals surface area contributed by atoms with Crippen LogP contribution in [-0.2, 0) is 0 Å². The number of halogens is 1. The zero-order valence-corrected chi connectivity index (χ0v) is 8.10. The molecule has 1 rings (SSSR count). The third kappa shape index (κ3) is 2.10. The van der Waals surface area contributed by atoms with Gasteiger partial charge in [0.2, 0.25) is 0 Å². The van der Waals surface area contributed by atoms with Gasteiger partial charge in [0.1, 0.15) is 0 Å². The molecule has 0 bridgehead atoms. The molecule has 0 aromatic rings. The summed E-state index contributed by atoms with van der Waals surface area (Å²) in [7, 11) is 0. The molecule has 0 aromatic carbocycles. The summed E-state index contributed by atoms with van der Waals surface area (Å²) in [6, 6.07) is 0. The van der Waals surface area contributed by atoms with Crippen LogP contribution in [0.25, 0.3) is 0 Å². The average Bonchev–Trinajstić information content (AvgIpc) is 1.94. The molecule has 2 unspecified atom stereocenters. The maximum Gasteiger partial charge on any atom is 0.0579 e. The molecule has 0 aromatic heterocycles. The van der Waals surface area contributed by atoms with Crippen LogP contribution in [0.4, 0.5) is 0 Å². The second kappa shape index (κ2) is 3.44. The SMILES string of the molecule is CC(C)C1=CC(C)C(Cl)C=C1. The van der Waals surface area contributed by atoms with E-state index < -0.39 is 0 Å². The zero-order chi connectivity index (χ0) is 8.43. The van der Waals surface area contributed by atoms with E-state index in [9.17, 15) is 0 Å². The van der Waals surface area contributed by atoms with Crippen molar-refractivity contribution in [2.75, 3.05) is 0 Å². The summed E-state index contributed by atoms with van der Waals surface area (Å²) < 4.78 is 0. The van der Waals surface area contributed by atoms with Crippen molar-refractivity contribution in [3.63, 3.8) is 0 Å². The fraction of sp³-hybridized carbons (Fsp3) is 0.600. The lowest BCUT2D eigenvalue weighted by Gasteiger charge is -2.19. The van der Waals surface area contributed by atoms with Crippen LogP contribution in [0.2, 0.25) is 0 Å². The van der Waals surface area contributed by atoms with Gasteiger partial charge < -0.3 is 0 Å². The molecule has 62 valence electrons. The maximum absolute atomic E-state index is 6.01.